The van der Waals surface area contributed by atoms with Crippen molar-refractivity contribution in [3.05, 3.63) is 38.3 Å². The molecule has 0 aliphatic heterocycles. The lowest BCUT2D eigenvalue weighted by atomic mass is 9.98. The Morgan fingerprint density at radius 3 is 3.04 bits per heavy atom. The third-order valence-corrected chi connectivity index (χ3v) is 7.06. The van der Waals surface area contributed by atoms with Crippen LogP contribution in [0, 0.1) is 29.6 Å². The first-order chi connectivity index (χ1) is 11.9. The molecule has 0 bridgehead atoms. The summed E-state index contributed by atoms with van der Waals surface area (Å²) in [6.45, 7) is 13.6. The lowest BCUT2D eigenvalue weighted by Crippen LogP contribution is -2.22. The molecule has 0 spiro atoms. The van der Waals surface area contributed by atoms with Crippen molar-refractivity contribution in [1.82, 2.24) is 9.55 Å². The highest BCUT2D eigenvalue weighted by atomic mass is 32.1. The Bertz CT molecular complexity index is 802. The average molecular weight is 381 g/mol. The van der Waals surface area contributed by atoms with Crippen molar-refractivity contribution >= 4 is 20.6 Å². The molecule has 6 nitrogen and oxygen atoms in total. The summed E-state index contributed by atoms with van der Waals surface area (Å²) in [5.74, 6) is 0.533. The van der Waals surface area contributed by atoms with E-state index >= 15 is 0 Å². The third kappa shape index (κ3) is 3.46. The van der Waals surface area contributed by atoms with Crippen molar-refractivity contribution in [1.29, 1.82) is 0 Å². The SMILES string of the molecule is [C-]#[N+]CCOP(C)OC1C[C@H](n2cc(C)c(=O)[nH]c2=S)[C@H]2C[C@@]12CC. The molecule has 1 heterocycles. The van der Waals surface area contributed by atoms with E-state index in [1.54, 1.807) is 0 Å². The van der Waals surface area contributed by atoms with Gasteiger partial charge in [0.25, 0.3) is 5.56 Å². The predicted molar refractivity (Wildman–Crippen MR) is 100 cm³/mol. The smallest absolute Gasteiger partial charge is 0.254 e. The molecule has 1 N–H and O–H groups in total. The average Bonchev–Trinajstić information content (AvgIpc) is 3.24. The van der Waals surface area contributed by atoms with Crippen LogP contribution in [-0.4, -0.2) is 35.5 Å². The number of aromatic amines is 1. The van der Waals surface area contributed by atoms with E-state index in [9.17, 15) is 4.79 Å². The molecule has 1 aromatic heterocycles. The summed E-state index contributed by atoms with van der Waals surface area (Å²) in [5.41, 5.74) is 0.763. The number of rotatable bonds is 7. The van der Waals surface area contributed by atoms with E-state index in [0.29, 0.717) is 29.4 Å². The van der Waals surface area contributed by atoms with Crippen molar-refractivity contribution < 1.29 is 9.05 Å². The van der Waals surface area contributed by atoms with Gasteiger partial charge in [0.1, 0.15) is 6.61 Å². The van der Waals surface area contributed by atoms with Crippen LogP contribution in [0.5, 0.6) is 0 Å². The first-order valence-corrected chi connectivity index (χ1v) is 10.6. The number of aromatic nitrogens is 2. The second-order valence-electron chi connectivity index (χ2n) is 6.93. The number of hydrogen-bond donors (Lipinski definition) is 1. The Labute approximate surface area is 154 Å². The zero-order valence-corrected chi connectivity index (χ0v) is 16.5. The minimum absolute atomic E-state index is 0.116. The van der Waals surface area contributed by atoms with Gasteiger partial charge in [-0.2, -0.15) is 0 Å². The molecule has 2 fully saturated rings. The third-order valence-electron chi connectivity index (χ3n) is 5.65. The highest BCUT2D eigenvalue weighted by molar-refractivity contribution is 7.71. The lowest BCUT2D eigenvalue weighted by molar-refractivity contribution is 0.116. The van der Waals surface area contributed by atoms with E-state index in [2.05, 4.69) is 21.3 Å². The fraction of sp³-hybridized carbons (Fsp3) is 0.706. The van der Waals surface area contributed by atoms with Crippen LogP contribution in [0.2, 0.25) is 0 Å². The van der Waals surface area contributed by atoms with Gasteiger partial charge in [-0.1, -0.05) is 6.92 Å². The van der Waals surface area contributed by atoms with Gasteiger partial charge in [0.2, 0.25) is 6.54 Å². The van der Waals surface area contributed by atoms with Gasteiger partial charge in [0, 0.05) is 29.9 Å². The molecular weight excluding hydrogens is 357 g/mol. The molecule has 2 aliphatic carbocycles. The van der Waals surface area contributed by atoms with Crippen LogP contribution in [-0.2, 0) is 9.05 Å². The van der Waals surface area contributed by atoms with Crippen LogP contribution >= 0.6 is 20.6 Å². The van der Waals surface area contributed by atoms with Crippen LogP contribution in [0.3, 0.4) is 0 Å². The van der Waals surface area contributed by atoms with E-state index < -0.39 is 8.38 Å². The molecule has 1 aromatic rings. The van der Waals surface area contributed by atoms with Gasteiger partial charge in [-0.05, 0) is 44.3 Å². The fourth-order valence-corrected chi connectivity index (χ4v) is 5.54. The molecule has 5 atom stereocenters. The van der Waals surface area contributed by atoms with Crippen molar-refractivity contribution in [2.45, 2.75) is 45.3 Å². The minimum Gasteiger partial charge on any atom is -0.330 e. The van der Waals surface area contributed by atoms with Crippen LogP contribution in [0.25, 0.3) is 4.85 Å². The second-order valence-corrected chi connectivity index (χ2v) is 8.66. The summed E-state index contributed by atoms with van der Waals surface area (Å²) in [4.78, 5) is 17.8. The zero-order chi connectivity index (χ0) is 18.2. The van der Waals surface area contributed by atoms with Gasteiger partial charge in [0.05, 0.1) is 6.10 Å². The monoisotopic (exact) mass is 381 g/mol. The fourth-order valence-electron chi connectivity index (χ4n) is 4.20. The topological polar surface area (TPSA) is 60.6 Å². The number of hydrogen-bond acceptors (Lipinski definition) is 4. The highest BCUT2D eigenvalue weighted by Gasteiger charge is 2.67. The maximum absolute atomic E-state index is 11.8. The second kappa shape index (κ2) is 7.28. The van der Waals surface area contributed by atoms with Gasteiger partial charge in [-0.15, -0.1) is 0 Å². The van der Waals surface area contributed by atoms with Crippen LogP contribution in [0.15, 0.2) is 11.0 Å². The number of aryl methyl sites for hydroxylation is 1. The van der Waals surface area contributed by atoms with Crippen molar-refractivity contribution in [2.24, 2.45) is 11.3 Å². The molecule has 8 heteroatoms. The van der Waals surface area contributed by atoms with Gasteiger partial charge in [-0.3, -0.25) is 9.78 Å². The summed E-state index contributed by atoms with van der Waals surface area (Å²) >= 11 is 5.39. The highest BCUT2D eigenvalue weighted by Crippen LogP contribution is 2.71. The van der Waals surface area contributed by atoms with Crippen molar-refractivity contribution in [2.75, 3.05) is 19.8 Å². The maximum Gasteiger partial charge on any atom is 0.254 e. The Morgan fingerprint density at radius 2 is 2.36 bits per heavy atom. The largest absolute Gasteiger partial charge is 0.330 e. The van der Waals surface area contributed by atoms with E-state index in [1.165, 1.54) is 0 Å². The summed E-state index contributed by atoms with van der Waals surface area (Å²) < 4.78 is 14.5. The van der Waals surface area contributed by atoms with E-state index in [1.807, 2.05) is 19.8 Å². The first-order valence-electron chi connectivity index (χ1n) is 8.61. The molecule has 2 aliphatic rings. The molecule has 2 saturated carbocycles. The van der Waals surface area contributed by atoms with E-state index in [-0.39, 0.29) is 23.1 Å². The minimum atomic E-state index is -0.984. The lowest BCUT2D eigenvalue weighted by Gasteiger charge is -2.26. The summed E-state index contributed by atoms with van der Waals surface area (Å²) in [5, 5.41) is 0. The molecule has 0 radical (unpaired) electrons. The van der Waals surface area contributed by atoms with E-state index in [4.69, 9.17) is 27.8 Å². The Kier molecular flexibility index (Phi) is 5.45. The summed E-state index contributed by atoms with van der Waals surface area (Å²) in [6.07, 6.45) is 5.11. The normalized spacial score (nSPS) is 31.4. The molecule has 0 amide bonds. The number of H-pyrrole nitrogens is 1. The predicted octanol–water partition coefficient (Wildman–Crippen LogP) is 3.84. The molecule has 3 rings (SSSR count). The quantitative estimate of drug-likeness (QED) is 0.337. The van der Waals surface area contributed by atoms with Gasteiger partial charge < -0.3 is 18.5 Å². The summed E-state index contributed by atoms with van der Waals surface area (Å²) in [7, 11) is -0.984. The Balaban J connectivity index is 1.76. The van der Waals surface area contributed by atoms with Gasteiger partial charge in [0.15, 0.2) is 13.1 Å². The first kappa shape index (κ1) is 18.7. The summed E-state index contributed by atoms with van der Waals surface area (Å²) in [6, 6.07) is 0.264. The van der Waals surface area contributed by atoms with Crippen molar-refractivity contribution in [3.8, 4) is 0 Å². The van der Waals surface area contributed by atoms with Crippen LogP contribution in [0.4, 0.5) is 0 Å². The van der Waals surface area contributed by atoms with Gasteiger partial charge >= 0.3 is 0 Å². The molecule has 25 heavy (non-hydrogen) atoms. The van der Waals surface area contributed by atoms with Gasteiger partial charge in [-0.25, -0.2) is 6.57 Å². The standard InChI is InChI=1S/C17H24N3O3PS/c1-5-17-9-12(17)13(20-10-11(2)15(21)19-16(20)25)8-14(17)23-24(4)22-7-6-18-3/h10,12-14H,5-9H2,1-2,4H3,(H,19,21,25)/t12-,13+,14?,17-,24?/m1/s1. The molecule has 2 unspecified atom stereocenters. The molecule has 0 aromatic carbocycles. The number of fused-ring (bicyclic) bond motifs is 1. The Morgan fingerprint density at radius 1 is 1.60 bits per heavy atom. The molecular formula is C17H24N3O3PS. The maximum atomic E-state index is 11.8. The number of nitrogens with one attached hydrogen (secondary N) is 1. The Hall–Kier alpha value is -1.06. The number of nitrogens with zero attached hydrogens (tertiary/aromatic N) is 2. The molecule has 136 valence electrons. The molecule has 0 saturated heterocycles. The van der Waals surface area contributed by atoms with Crippen LogP contribution in [0.1, 0.15) is 37.8 Å². The van der Waals surface area contributed by atoms with Crippen LogP contribution < -0.4 is 5.56 Å². The van der Waals surface area contributed by atoms with E-state index in [0.717, 1.165) is 19.3 Å². The van der Waals surface area contributed by atoms with Crippen molar-refractivity contribution in [3.63, 3.8) is 0 Å². The zero-order valence-electron chi connectivity index (χ0n) is 14.8.